The molecule has 0 fully saturated rings. The van der Waals surface area contributed by atoms with Crippen molar-refractivity contribution in [1.29, 1.82) is 0 Å². The van der Waals surface area contributed by atoms with Gasteiger partial charge in [-0.15, -0.1) is 5.10 Å². The lowest BCUT2D eigenvalue weighted by Crippen LogP contribution is -2.14. The predicted octanol–water partition coefficient (Wildman–Crippen LogP) is 5.32. The fourth-order valence-electron chi connectivity index (χ4n) is 3.28. The molecule has 33 heavy (non-hydrogen) atoms. The summed E-state index contributed by atoms with van der Waals surface area (Å²) in [5.41, 5.74) is 3.28. The minimum atomic E-state index is -4.53. The number of nitrogens with one attached hydrogen (secondary N) is 1. The molecule has 0 saturated carbocycles. The van der Waals surface area contributed by atoms with Crippen molar-refractivity contribution < 1.29 is 18.0 Å². The van der Waals surface area contributed by atoms with Gasteiger partial charge in [-0.25, -0.2) is 4.68 Å². The zero-order valence-corrected chi connectivity index (χ0v) is 19.4. The van der Waals surface area contributed by atoms with Crippen molar-refractivity contribution in [1.82, 2.24) is 24.8 Å². The van der Waals surface area contributed by atoms with Gasteiger partial charge in [0, 0.05) is 34.0 Å². The van der Waals surface area contributed by atoms with Gasteiger partial charge in [0.2, 0.25) is 0 Å². The van der Waals surface area contributed by atoms with E-state index in [4.69, 9.17) is 0 Å². The Hall–Kier alpha value is -3.47. The third kappa shape index (κ3) is 4.68. The van der Waals surface area contributed by atoms with E-state index in [9.17, 15) is 18.0 Å². The van der Waals surface area contributed by atoms with Crippen LogP contribution in [-0.4, -0.2) is 30.7 Å². The van der Waals surface area contributed by atoms with Crippen LogP contribution in [0, 0.1) is 13.8 Å². The topological polar surface area (TPSA) is 77.6 Å². The second kappa shape index (κ2) is 8.47. The Bertz CT molecular complexity index is 1360. The standard InChI is InChI=1S/C22H18BrF3N6O/c1-12-4-5-14(21(33)28-17-8-15(22(24,25)26)7-16(23)9-17)6-20(12)32-11-19(29-30-32)18-10-27-31(3)13(18)2/h4-11H,1-3H3,(H,28,33). The molecule has 2 heterocycles. The first kappa shape index (κ1) is 22.7. The van der Waals surface area contributed by atoms with Crippen molar-refractivity contribution in [2.24, 2.45) is 7.05 Å². The number of anilines is 1. The molecule has 4 aromatic rings. The van der Waals surface area contributed by atoms with Crippen LogP contribution in [0.2, 0.25) is 0 Å². The van der Waals surface area contributed by atoms with Gasteiger partial charge in [0.15, 0.2) is 0 Å². The van der Waals surface area contributed by atoms with Crippen LogP contribution in [0.25, 0.3) is 16.9 Å². The SMILES string of the molecule is Cc1ccc(C(=O)Nc2cc(Br)cc(C(F)(F)F)c2)cc1-n1cc(-c2cnn(C)c2C)nn1. The summed E-state index contributed by atoms with van der Waals surface area (Å²) >= 11 is 3.06. The molecule has 0 aliphatic rings. The van der Waals surface area contributed by atoms with E-state index in [0.717, 1.165) is 29.0 Å². The van der Waals surface area contributed by atoms with Gasteiger partial charge in [0.1, 0.15) is 5.69 Å². The lowest BCUT2D eigenvalue weighted by molar-refractivity contribution is -0.137. The van der Waals surface area contributed by atoms with Crippen LogP contribution in [0.1, 0.15) is 27.2 Å². The third-order valence-electron chi connectivity index (χ3n) is 5.21. The van der Waals surface area contributed by atoms with Crippen molar-refractivity contribution in [3.63, 3.8) is 0 Å². The lowest BCUT2D eigenvalue weighted by Gasteiger charge is -2.12. The third-order valence-corrected chi connectivity index (χ3v) is 5.66. The molecule has 0 bridgehead atoms. The summed E-state index contributed by atoms with van der Waals surface area (Å²) in [4.78, 5) is 12.8. The fourth-order valence-corrected chi connectivity index (χ4v) is 3.77. The summed E-state index contributed by atoms with van der Waals surface area (Å²) in [5, 5.41) is 15.1. The van der Waals surface area contributed by atoms with Gasteiger partial charge in [-0.05, 0) is 49.7 Å². The summed E-state index contributed by atoms with van der Waals surface area (Å²) in [7, 11) is 1.83. The number of carbonyl (C=O) groups excluding carboxylic acids is 1. The largest absolute Gasteiger partial charge is 0.416 e. The minimum Gasteiger partial charge on any atom is -0.322 e. The second-order valence-corrected chi connectivity index (χ2v) is 8.41. The Morgan fingerprint density at radius 1 is 1.12 bits per heavy atom. The number of amides is 1. The van der Waals surface area contributed by atoms with Gasteiger partial charge < -0.3 is 5.32 Å². The molecule has 0 atom stereocenters. The first-order valence-electron chi connectivity index (χ1n) is 9.74. The van der Waals surface area contributed by atoms with Gasteiger partial charge in [-0.2, -0.15) is 18.3 Å². The van der Waals surface area contributed by atoms with Crippen molar-refractivity contribution in [3.05, 3.63) is 75.6 Å². The second-order valence-electron chi connectivity index (χ2n) is 7.50. The highest BCUT2D eigenvalue weighted by atomic mass is 79.9. The summed E-state index contributed by atoms with van der Waals surface area (Å²) < 4.78 is 42.8. The van der Waals surface area contributed by atoms with Gasteiger partial charge in [0.05, 0.1) is 23.6 Å². The molecule has 0 aliphatic carbocycles. The summed E-state index contributed by atoms with van der Waals surface area (Å²) in [6.45, 7) is 3.78. The van der Waals surface area contributed by atoms with Gasteiger partial charge >= 0.3 is 6.18 Å². The summed E-state index contributed by atoms with van der Waals surface area (Å²) in [5.74, 6) is -0.550. The number of carbonyl (C=O) groups is 1. The van der Waals surface area contributed by atoms with Crippen LogP contribution in [-0.2, 0) is 13.2 Å². The van der Waals surface area contributed by atoms with Crippen molar-refractivity contribution in [3.8, 4) is 16.9 Å². The molecule has 4 rings (SSSR count). The zero-order valence-electron chi connectivity index (χ0n) is 17.8. The number of nitrogens with zero attached hydrogens (tertiary/aromatic N) is 5. The van der Waals surface area contributed by atoms with E-state index in [1.54, 1.807) is 40.0 Å². The Balaban J connectivity index is 1.63. The summed E-state index contributed by atoms with van der Waals surface area (Å²) in [6, 6.07) is 8.19. The molecule has 1 amide bonds. The number of hydrogen-bond donors (Lipinski definition) is 1. The first-order valence-corrected chi connectivity index (χ1v) is 10.5. The maximum absolute atomic E-state index is 13.1. The molecular formula is C22H18BrF3N6O. The quantitative estimate of drug-likeness (QED) is 0.396. The molecule has 0 radical (unpaired) electrons. The molecule has 2 aromatic heterocycles. The molecule has 0 spiro atoms. The van der Waals surface area contributed by atoms with Crippen LogP contribution in [0.15, 0.2) is 53.3 Å². The molecule has 0 saturated heterocycles. The van der Waals surface area contributed by atoms with Gasteiger partial charge in [0.25, 0.3) is 5.91 Å². The highest BCUT2D eigenvalue weighted by Crippen LogP contribution is 2.33. The van der Waals surface area contributed by atoms with Crippen LogP contribution in [0.4, 0.5) is 18.9 Å². The highest BCUT2D eigenvalue weighted by Gasteiger charge is 2.31. The Kier molecular flexibility index (Phi) is 5.83. The van der Waals surface area contributed by atoms with Crippen molar-refractivity contribution in [2.45, 2.75) is 20.0 Å². The van der Waals surface area contributed by atoms with Crippen LogP contribution < -0.4 is 5.32 Å². The summed E-state index contributed by atoms with van der Waals surface area (Å²) in [6.07, 6.45) is -1.09. The van der Waals surface area contributed by atoms with Crippen molar-refractivity contribution in [2.75, 3.05) is 5.32 Å². The average Bonchev–Trinajstić information content (AvgIpc) is 3.34. The molecule has 1 N–H and O–H groups in total. The lowest BCUT2D eigenvalue weighted by atomic mass is 10.1. The Labute approximate surface area is 195 Å². The van der Waals surface area contributed by atoms with E-state index in [-0.39, 0.29) is 15.7 Å². The maximum Gasteiger partial charge on any atom is 0.416 e. The molecule has 7 nitrogen and oxygen atoms in total. The van der Waals surface area contributed by atoms with Crippen LogP contribution in [0.3, 0.4) is 0 Å². The molecule has 170 valence electrons. The van der Waals surface area contributed by atoms with E-state index in [1.165, 1.54) is 6.07 Å². The molecule has 11 heteroatoms. The normalized spacial score (nSPS) is 11.6. The Morgan fingerprint density at radius 2 is 1.88 bits per heavy atom. The van der Waals surface area contributed by atoms with Gasteiger partial charge in [-0.1, -0.05) is 27.2 Å². The average molecular weight is 519 g/mol. The van der Waals surface area contributed by atoms with Gasteiger partial charge in [-0.3, -0.25) is 9.48 Å². The molecule has 0 aliphatic heterocycles. The van der Waals surface area contributed by atoms with Crippen LogP contribution in [0.5, 0.6) is 0 Å². The maximum atomic E-state index is 13.1. The fraction of sp³-hybridized carbons (Fsp3) is 0.182. The molecule has 0 unspecified atom stereocenters. The Morgan fingerprint density at radius 3 is 2.55 bits per heavy atom. The smallest absolute Gasteiger partial charge is 0.322 e. The van der Waals surface area contributed by atoms with E-state index in [1.807, 2.05) is 20.9 Å². The number of halogens is 4. The number of alkyl halides is 3. The van der Waals surface area contributed by atoms with Crippen LogP contribution >= 0.6 is 15.9 Å². The van der Waals surface area contributed by atoms with E-state index >= 15 is 0 Å². The number of aromatic nitrogens is 5. The molecular weight excluding hydrogens is 501 g/mol. The number of rotatable bonds is 4. The monoisotopic (exact) mass is 518 g/mol. The number of aryl methyl sites for hydroxylation is 2. The van der Waals surface area contributed by atoms with Crippen molar-refractivity contribution >= 4 is 27.5 Å². The minimum absolute atomic E-state index is 0.0268. The number of benzene rings is 2. The number of hydrogen-bond acceptors (Lipinski definition) is 4. The predicted molar refractivity (Wildman–Crippen MR) is 120 cm³/mol. The zero-order chi connectivity index (χ0) is 23.9. The van der Waals surface area contributed by atoms with E-state index < -0.39 is 17.6 Å². The first-order chi connectivity index (χ1) is 15.5. The van der Waals surface area contributed by atoms with E-state index in [0.29, 0.717) is 11.4 Å². The highest BCUT2D eigenvalue weighted by molar-refractivity contribution is 9.10. The van der Waals surface area contributed by atoms with E-state index in [2.05, 4.69) is 36.7 Å². The molecule has 2 aromatic carbocycles.